The van der Waals surface area contributed by atoms with E-state index >= 15 is 0 Å². The van der Waals surface area contributed by atoms with Crippen LogP contribution in [0.1, 0.15) is 23.3 Å². The molecule has 1 unspecified atom stereocenters. The van der Waals surface area contributed by atoms with Crippen molar-refractivity contribution in [3.8, 4) is 0 Å². The van der Waals surface area contributed by atoms with E-state index in [1.807, 2.05) is 6.07 Å². The largest absolute Gasteiger partial charge is 0.453 e. The molecule has 0 spiro atoms. The summed E-state index contributed by atoms with van der Waals surface area (Å²) in [5, 5.41) is 3.22. The van der Waals surface area contributed by atoms with Crippen molar-refractivity contribution in [1.29, 1.82) is 0 Å². The van der Waals surface area contributed by atoms with Gasteiger partial charge in [0, 0.05) is 24.0 Å². The van der Waals surface area contributed by atoms with E-state index in [0.29, 0.717) is 24.5 Å². The minimum Gasteiger partial charge on any atom is -0.453 e. The number of halogens is 1. The summed E-state index contributed by atoms with van der Waals surface area (Å²) >= 11 is 1.34. The molecule has 132 valence electrons. The molecule has 1 fully saturated rings. The Morgan fingerprint density at radius 1 is 1.48 bits per heavy atom. The van der Waals surface area contributed by atoms with Gasteiger partial charge in [-0.1, -0.05) is 12.1 Å². The van der Waals surface area contributed by atoms with Crippen molar-refractivity contribution in [3.05, 3.63) is 46.7 Å². The predicted molar refractivity (Wildman–Crippen MR) is 92.1 cm³/mol. The maximum Gasteiger partial charge on any atom is 0.410 e. The molecule has 0 aliphatic carbocycles. The fourth-order valence-corrected chi connectivity index (χ4v) is 3.71. The maximum absolute atomic E-state index is 13.2. The van der Waals surface area contributed by atoms with Gasteiger partial charge in [-0.25, -0.2) is 14.2 Å². The second-order valence-corrected chi connectivity index (χ2v) is 6.86. The SMILES string of the molecule is COC(=O)N1CCCC1C(=O)Nc1ncc(Cc2cccc(F)c2)s1. The molecule has 1 N–H and O–H groups in total. The lowest BCUT2D eigenvalue weighted by atomic mass is 10.1. The summed E-state index contributed by atoms with van der Waals surface area (Å²) in [5.41, 5.74) is 0.842. The van der Waals surface area contributed by atoms with Crippen molar-refractivity contribution < 1.29 is 18.7 Å². The lowest BCUT2D eigenvalue weighted by Crippen LogP contribution is -2.43. The number of rotatable bonds is 4. The van der Waals surface area contributed by atoms with Gasteiger partial charge in [0.05, 0.1) is 7.11 Å². The van der Waals surface area contributed by atoms with Gasteiger partial charge in [-0.3, -0.25) is 9.69 Å². The molecule has 1 aliphatic heterocycles. The first-order valence-electron chi connectivity index (χ1n) is 7.91. The fourth-order valence-electron chi connectivity index (χ4n) is 2.86. The van der Waals surface area contributed by atoms with E-state index in [0.717, 1.165) is 16.9 Å². The highest BCUT2D eigenvalue weighted by atomic mass is 32.1. The average molecular weight is 363 g/mol. The van der Waals surface area contributed by atoms with Gasteiger partial charge in [0.15, 0.2) is 5.13 Å². The van der Waals surface area contributed by atoms with Crippen LogP contribution in [-0.4, -0.2) is 41.6 Å². The number of carbonyl (C=O) groups excluding carboxylic acids is 2. The van der Waals surface area contributed by atoms with Crippen LogP contribution >= 0.6 is 11.3 Å². The Balaban J connectivity index is 1.63. The van der Waals surface area contributed by atoms with Crippen molar-refractivity contribution in [2.75, 3.05) is 19.0 Å². The molecule has 25 heavy (non-hydrogen) atoms. The Kier molecular flexibility index (Phi) is 5.28. The maximum atomic E-state index is 13.2. The number of likely N-dealkylation sites (tertiary alicyclic amines) is 1. The molecule has 6 nitrogen and oxygen atoms in total. The highest BCUT2D eigenvalue weighted by Gasteiger charge is 2.35. The van der Waals surface area contributed by atoms with Crippen molar-refractivity contribution in [2.45, 2.75) is 25.3 Å². The van der Waals surface area contributed by atoms with E-state index in [4.69, 9.17) is 4.74 Å². The van der Waals surface area contributed by atoms with Crippen molar-refractivity contribution in [1.82, 2.24) is 9.88 Å². The molecule has 0 radical (unpaired) electrons. The summed E-state index contributed by atoms with van der Waals surface area (Å²) in [5.74, 6) is -0.547. The third kappa shape index (κ3) is 4.14. The van der Waals surface area contributed by atoms with Crippen LogP contribution in [0.5, 0.6) is 0 Å². The number of amides is 2. The quantitative estimate of drug-likeness (QED) is 0.906. The molecule has 0 saturated carbocycles. The molecule has 1 aromatic heterocycles. The Labute approximate surface area is 148 Å². The van der Waals surface area contributed by atoms with Gasteiger partial charge in [0.1, 0.15) is 11.9 Å². The van der Waals surface area contributed by atoms with Crippen LogP contribution in [0.15, 0.2) is 30.5 Å². The topological polar surface area (TPSA) is 71.5 Å². The molecule has 2 aromatic rings. The van der Waals surface area contributed by atoms with Crippen LogP contribution in [0.25, 0.3) is 0 Å². The van der Waals surface area contributed by atoms with Crippen molar-refractivity contribution in [3.63, 3.8) is 0 Å². The zero-order chi connectivity index (χ0) is 17.8. The zero-order valence-corrected chi connectivity index (χ0v) is 14.5. The van der Waals surface area contributed by atoms with Gasteiger partial charge >= 0.3 is 6.09 Å². The number of nitrogens with one attached hydrogen (secondary N) is 1. The summed E-state index contributed by atoms with van der Waals surface area (Å²) < 4.78 is 17.9. The number of anilines is 1. The molecule has 2 heterocycles. The van der Waals surface area contributed by atoms with E-state index in [1.165, 1.54) is 35.5 Å². The monoisotopic (exact) mass is 363 g/mol. The summed E-state index contributed by atoms with van der Waals surface area (Å²) in [4.78, 5) is 30.6. The highest BCUT2D eigenvalue weighted by Crippen LogP contribution is 2.24. The van der Waals surface area contributed by atoms with Crippen molar-refractivity contribution in [2.24, 2.45) is 0 Å². The number of thiazole rings is 1. The molecule has 2 amide bonds. The molecule has 8 heteroatoms. The summed E-state index contributed by atoms with van der Waals surface area (Å²) in [6.45, 7) is 0.507. The van der Waals surface area contributed by atoms with Crippen molar-refractivity contribution >= 4 is 28.5 Å². The average Bonchev–Trinajstić information content (AvgIpc) is 3.23. The predicted octanol–water partition coefficient (Wildman–Crippen LogP) is 3.04. The minimum atomic E-state index is -0.539. The van der Waals surface area contributed by atoms with E-state index in [1.54, 1.807) is 12.3 Å². The molecular formula is C17H18FN3O3S. The highest BCUT2D eigenvalue weighted by molar-refractivity contribution is 7.15. The molecule has 1 aromatic carbocycles. The van der Waals surface area contributed by atoms with Crippen LogP contribution in [-0.2, 0) is 16.0 Å². The number of aromatic nitrogens is 1. The Bertz CT molecular complexity index is 780. The van der Waals surface area contributed by atoms with E-state index in [2.05, 4.69) is 10.3 Å². The zero-order valence-electron chi connectivity index (χ0n) is 13.7. The van der Waals surface area contributed by atoms with Crippen LogP contribution < -0.4 is 5.32 Å². The molecule has 0 bridgehead atoms. The summed E-state index contributed by atoms with van der Waals surface area (Å²) in [6, 6.07) is 5.84. The van der Waals surface area contributed by atoms with Gasteiger partial charge in [0.2, 0.25) is 5.91 Å². The molecule has 1 atom stereocenters. The lowest BCUT2D eigenvalue weighted by molar-refractivity contribution is -0.119. The Morgan fingerprint density at radius 2 is 2.32 bits per heavy atom. The fraction of sp³-hybridized carbons (Fsp3) is 0.353. The third-order valence-electron chi connectivity index (χ3n) is 4.02. The van der Waals surface area contributed by atoms with E-state index in [9.17, 15) is 14.0 Å². The normalized spacial score (nSPS) is 16.7. The second-order valence-electron chi connectivity index (χ2n) is 5.75. The molecule has 3 rings (SSSR count). The number of hydrogen-bond acceptors (Lipinski definition) is 5. The first kappa shape index (κ1) is 17.3. The standard InChI is InChI=1S/C17H18FN3O3S/c1-24-17(23)21-7-3-6-14(21)15(22)20-16-19-10-13(25-16)9-11-4-2-5-12(18)8-11/h2,4-5,8,10,14H,3,6-7,9H2,1H3,(H,19,20,22). The minimum absolute atomic E-state index is 0.269. The lowest BCUT2D eigenvalue weighted by Gasteiger charge is -2.21. The summed E-state index contributed by atoms with van der Waals surface area (Å²) in [7, 11) is 1.30. The van der Waals surface area contributed by atoms with Crippen LogP contribution in [0.2, 0.25) is 0 Å². The van der Waals surface area contributed by atoms with Gasteiger partial charge in [-0.05, 0) is 30.5 Å². The molecule has 1 saturated heterocycles. The Morgan fingerprint density at radius 3 is 3.08 bits per heavy atom. The first-order valence-corrected chi connectivity index (χ1v) is 8.73. The first-order chi connectivity index (χ1) is 12.1. The van der Waals surface area contributed by atoms with Crippen LogP contribution in [0.4, 0.5) is 14.3 Å². The van der Waals surface area contributed by atoms with E-state index < -0.39 is 12.1 Å². The number of benzene rings is 1. The molecule has 1 aliphatic rings. The second kappa shape index (κ2) is 7.60. The number of nitrogens with zero attached hydrogens (tertiary/aromatic N) is 2. The van der Waals surface area contributed by atoms with Crippen LogP contribution in [0.3, 0.4) is 0 Å². The smallest absolute Gasteiger partial charge is 0.410 e. The Hall–Kier alpha value is -2.48. The van der Waals surface area contributed by atoms with Gasteiger partial charge < -0.3 is 10.1 Å². The number of hydrogen-bond donors (Lipinski definition) is 1. The van der Waals surface area contributed by atoms with Gasteiger partial charge in [-0.2, -0.15) is 0 Å². The number of methoxy groups -OCH3 is 1. The molecular weight excluding hydrogens is 345 g/mol. The van der Waals surface area contributed by atoms with Gasteiger partial charge in [-0.15, -0.1) is 11.3 Å². The number of carbonyl (C=O) groups is 2. The summed E-state index contributed by atoms with van der Waals surface area (Å²) in [6.07, 6.45) is 3.07. The van der Waals surface area contributed by atoms with Crippen LogP contribution in [0, 0.1) is 5.82 Å². The van der Waals surface area contributed by atoms with E-state index in [-0.39, 0.29) is 11.7 Å². The van der Waals surface area contributed by atoms with Gasteiger partial charge in [0.25, 0.3) is 0 Å². The third-order valence-corrected chi connectivity index (χ3v) is 4.93. The number of ether oxygens (including phenoxy) is 1.